The summed E-state index contributed by atoms with van der Waals surface area (Å²) in [5, 5.41) is 6.54. The second kappa shape index (κ2) is 13.9. The molecule has 1 aromatic heterocycles. The molecule has 0 bridgehead atoms. The predicted molar refractivity (Wildman–Crippen MR) is 128 cm³/mol. The Kier molecular flexibility index (Phi) is 11.9. The van der Waals surface area contributed by atoms with Crippen molar-refractivity contribution in [3.8, 4) is 17.4 Å². The van der Waals surface area contributed by atoms with Crippen LogP contribution in [0.4, 0.5) is 5.69 Å². The van der Waals surface area contributed by atoms with Gasteiger partial charge in [-0.15, -0.1) is 24.0 Å². The van der Waals surface area contributed by atoms with Crippen molar-refractivity contribution in [3.05, 3.63) is 42.1 Å². The molecule has 29 heavy (non-hydrogen) atoms. The summed E-state index contributed by atoms with van der Waals surface area (Å²) in [5.74, 6) is 2.71. The summed E-state index contributed by atoms with van der Waals surface area (Å²) in [4.78, 5) is 8.94. The van der Waals surface area contributed by atoms with Crippen molar-refractivity contribution in [2.45, 2.75) is 33.7 Å². The molecule has 0 saturated heterocycles. The minimum absolute atomic E-state index is 0. The lowest BCUT2D eigenvalue weighted by molar-refractivity contribution is 0.305. The molecular weight excluding hydrogens is 483 g/mol. The summed E-state index contributed by atoms with van der Waals surface area (Å²) in [6.45, 7) is 8.53. The van der Waals surface area contributed by atoms with Crippen molar-refractivity contribution >= 4 is 35.6 Å². The summed E-state index contributed by atoms with van der Waals surface area (Å²) < 4.78 is 16.5. The van der Waals surface area contributed by atoms with E-state index in [0.29, 0.717) is 43.1 Å². The SMILES string of the molecule is CCCOc1ccc(CN=C(NCC)Nc2ccc(OC)c(OCC)c2)cn1.I. The second-order valence-electron chi connectivity index (χ2n) is 5.97. The van der Waals surface area contributed by atoms with Gasteiger partial charge < -0.3 is 24.8 Å². The summed E-state index contributed by atoms with van der Waals surface area (Å²) in [6.07, 6.45) is 2.75. The molecule has 0 fully saturated rings. The van der Waals surface area contributed by atoms with Crippen LogP contribution in [0.1, 0.15) is 32.8 Å². The van der Waals surface area contributed by atoms with Gasteiger partial charge in [-0.2, -0.15) is 0 Å². The number of aromatic nitrogens is 1. The maximum atomic E-state index is 5.63. The van der Waals surface area contributed by atoms with Crippen LogP contribution in [0.15, 0.2) is 41.5 Å². The molecule has 0 aliphatic rings. The first kappa shape index (κ1) is 24.8. The maximum Gasteiger partial charge on any atom is 0.213 e. The van der Waals surface area contributed by atoms with Crippen molar-refractivity contribution in [1.82, 2.24) is 10.3 Å². The number of rotatable bonds is 10. The third kappa shape index (κ3) is 8.35. The third-order valence-electron chi connectivity index (χ3n) is 3.74. The molecule has 0 radical (unpaired) electrons. The minimum Gasteiger partial charge on any atom is -0.493 e. The zero-order valence-corrected chi connectivity index (χ0v) is 19.9. The Morgan fingerprint density at radius 3 is 2.52 bits per heavy atom. The topological polar surface area (TPSA) is 77.0 Å². The summed E-state index contributed by atoms with van der Waals surface area (Å²) >= 11 is 0. The van der Waals surface area contributed by atoms with E-state index in [-0.39, 0.29) is 24.0 Å². The Hall–Kier alpha value is -2.23. The van der Waals surface area contributed by atoms with Gasteiger partial charge in [-0.1, -0.05) is 13.0 Å². The molecule has 0 saturated carbocycles. The molecule has 8 heteroatoms. The van der Waals surface area contributed by atoms with Gasteiger partial charge in [-0.05, 0) is 38.0 Å². The van der Waals surface area contributed by atoms with Crippen LogP contribution in [0.25, 0.3) is 0 Å². The molecule has 7 nitrogen and oxygen atoms in total. The molecule has 2 rings (SSSR count). The van der Waals surface area contributed by atoms with Gasteiger partial charge >= 0.3 is 0 Å². The Balaban J connectivity index is 0.00000420. The highest BCUT2D eigenvalue weighted by atomic mass is 127. The Labute approximate surface area is 190 Å². The number of hydrogen-bond acceptors (Lipinski definition) is 5. The maximum absolute atomic E-state index is 5.63. The number of methoxy groups -OCH3 is 1. The second-order valence-corrected chi connectivity index (χ2v) is 5.97. The number of benzene rings is 1. The largest absolute Gasteiger partial charge is 0.493 e. The molecule has 0 atom stereocenters. The Bertz CT molecular complexity index is 754. The van der Waals surface area contributed by atoms with Crippen LogP contribution in [0.2, 0.25) is 0 Å². The lowest BCUT2D eigenvalue weighted by Gasteiger charge is -2.14. The van der Waals surface area contributed by atoms with E-state index in [1.54, 1.807) is 13.3 Å². The van der Waals surface area contributed by atoms with Crippen LogP contribution < -0.4 is 24.8 Å². The van der Waals surface area contributed by atoms with Gasteiger partial charge in [0.2, 0.25) is 5.88 Å². The Morgan fingerprint density at radius 2 is 1.90 bits per heavy atom. The molecule has 0 aliphatic carbocycles. The molecule has 2 aromatic rings. The first-order valence-corrected chi connectivity index (χ1v) is 9.64. The van der Waals surface area contributed by atoms with E-state index in [4.69, 9.17) is 14.2 Å². The van der Waals surface area contributed by atoms with Gasteiger partial charge in [0.15, 0.2) is 17.5 Å². The van der Waals surface area contributed by atoms with Crippen LogP contribution >= 0.6 is 24.0 Å². The molecule has 0 amide bonds. The normalized spacial score (nSPS) is 10.7. The molecule has 0 aliphatic heterocycles. The van der Waals surface area contributed by atoms with Gasteiger partial charge in [0.05, 0.1) is 26.9 Å². The molecule has 2 N–H and O–H groups in total. The molecular formula is C21H31IN4O3. The average molecular weight is 514 g/mol. The molecule has 160 valence electrons. The number of anilines is 1. The summed E-state index contributed by atoms with van der Waals surface area (Å²) in [7, 11) is 1.63. The number of nitrogens with one attached hydrogen (secondary N) is 2. The smallest absolute Gasteiger partial charge is 0.213 e. The molecule has 1 heterocycles. The van der Waals surface area contributed by atoms with Crippen LogP contribution in [0, 0.1) is 0 Å². The van der Waals surface area contributed by atoms with Gasteiger partial charge in [-0.25, -0.2) is 9.98 Å². The fourth-order valence-corrected chi connectivity index (χ4v) is 2.43. The third-order valence-corrected chi connectivity index (χ3v) is 3.74. The number of ether oxygens (including phenoxy) is 3. The van der Waals surface area contributed by atoms with Crippen LogP contribution in [0.3, 0.4) is 0 Å². The quantitative estimate of drug-likeness (QED) is 0.277. The molecule has 0 spiro atoms. The van der Waals surface area contributed by atoms with E-state index in [0.717, 1.165) is 24.2 Å². The van der Waals surface area contributed by atoms with Crippen LogP contribution in [-0.4, -0.2) is 37.8 Å². The van der Waals surface area contributed by atoms with E-state index in [9.17, 15) is 0 Å². The van der Waals surface area contributed by atoms with Crippen molar-refractivity contribution in [3.63, 3.8) is 0 Å². The van der Waals surface area contributed by atoms with Crippen molar-refractivity contribution in [1.29, 1.82) is 0 Å². The summed E-state index contributed by atoms with van der Waals surface area (Å²) in [5.41, 5.74) is 1.87. The monoisotopic (exact) mass is 514 g/mol. The minimum atomic E-state index is 0. The highest BCUT2D eigenvalue weighted by molar-refractivity contribution is 14.0. The highest BCUT2D eigenvalue weighted by Gasteiger charge is 2.07. The Morgan fingerprint density at radius 1 is 1.07 bits per heavy atom. The van der Waals surface area contributed by atoms with Crippen molar-refractivity contribution in [2.75, 3.05) is 32.2 Å². The number of guanidine groups is 1. The van der Waals surface area contributed by atoms with E-state index in [1.165, 1.54) is 0 Å². The van der Waals surface area contributed by atoms with E-state index in [1.807, 2.05) is 44.2 Å². The average Bonchev–Trinajstić information content (AvgIpc) is 2.72. The zero-order chi connectivity index (χ0) is 20.2. The first-order chi connectivity index (χ1) is 13.7. The lowest BCUT2D eigenvalue weighted by atomic mass is 10.2. The van der Waals surface area contributed by atoms with E-state index < -0.39 is 0 Å². The van der Waals surface area contributed by atoms with Gasteiger partial charge in [0.25, 0.3) is 0 Å². The van der Waals surface area contributed by atoms with Crippen LogP contribution in [0.5, 0.6) is 17.4 Å². The standard InChI is InChI=1S/C21H30N4O3.HI/c1-5-12-28-20-11-8-16(14-23-20)15-24-21(22-6-2)25-17-9-10-18(26-4)19(13-17)27-7-3;/h8-11,13-14H,5-7,12,15H2,1-4H3,(H2,22,24,25);1H. The van der Waals surface area contributed by atoms with E-state index >= 15 is 0 Å². The predicted octanol–water partition coefficient (Wildman–Crippen LogP) is 4.47. The highest BCUT2D eigenvalue weighted by Crippen LogP contribution is 2.30. The number of pyridine rings is 1. The van der Waals surface area contributed by atoms with E-state index in [2.05, 4.69) is 27.5 Å². The molecule has 0 unspecified atom stereocenters. The van der Waals surface area contributed by atoms with Gasteiger partial charge in [-0.3, -0.25) is 0 Å². The number of halogens is 1. The fraction of sp³-hybridized carbons (Fsp3) is 0.429. The summed E-state index contributed by atoms with van der Waals surface area (Å²) in [6, 6.07) is 9.55. The van der Waals surface area contributed by atoms with Gasteiger partial charge in [0, 0.05) is 30.6 Å². The lowest BCUT2D eigenvalue weighted by Crippen LogP contribution is -2.30. The zero-order valence-electron chi connectivity index (χ0n) is 17.5. The number of aliphatic imine (C=N–C) groups is 1. The van der Waals surface area contributed by atoms with Gasteiger partial charge in [0.1, 0.15) is 0 Å². The first-order valence-electron chi connectivity index (χ1n) is 9.64. The van der Waals surface area contributed by atoms with Crippen molar-refractivity contribution in [2.24, 2.45) is 4.99 Å². The van der Waals surface area contributed by atoms with Crippen molar-refractivity contribution < 1.29 is 14.2 Å². The molecule has 1 aromatic carbocycles. The number of hydrogen-bond donors (Lipinski definition) is 2. The number of nitrogens with zero attached hydrogens (tertiary/aromatic N) is 2. The fourth-order valence-electron chi connectivity index (χ4n) is 2.43. The van der Waals surface area contributed by atoms with Crippen LogP contribution in [-0.2, 0) is 6.54 Å².